The third-order valence-corrected chi connectivity index (χ3v) is 5.16. The standard InChI is InChI=1S/C14H24N2O3S/c1-11(2)19-9-8-16(4)20(17,18)14-7-5-6-13(10-15)12(14)3/h5-7,11H,8-10,15H2,1-4H3. The number of ether oxygens (including phenoxy) is 1. The van der Waals surface area contributed by atoms with Crippen molar-refractivity contribution in [2.45, 2.75) is 38.3 Å². The Hall–Kier alpha value is -0.950. The molecule has 0 aromatic heterocycles. The summed E-state index contributed by atoms with van der Waals surface area (Å²) in [6, 6.07) is 5.18. The van der Waals surface area contributed by atoms with Crippen molar-refractivity contribution in [3.63, 3.8) is 0 Å². The summed E-state index contributed by atoms with van der Waals surface area (Å²) in [5, 5.41) is 0. The number of hydrogen-bond acceptors (Lipinski definition) is 4. The number of likely N-dealkylation sites (N-methyl/N-ethyl adjacent to an activating group) is 1. The molecule has 0 atom stereocenters. The highest BCUT2D eigenvalue weighted by atomic mass is 32.2. The Morgan fingerprint density at radius 2 is 2.00 bits per heavy atom. The maximum atomic E-state index is 12.5. The van der Waals surface area contributed by atoms with E-state index in [4.69, 9.17) is 10.5 Å². The molecule has 0 aliphatic heterocycles. The van der Waals surface area contributed by atoms with Crippen LogP contribution in [-0.4, -0.2) is 39.0 Å². The van der Waals surface area contributed by atoms with E-state index in [-0.39, 0.29) is 6.10 Å². The van der Waals surface area contributed by atoms with Gasteiger partial charge in [-0.05, 0) is 38.0 Å². The van der Waals surface area contributed by atoms with Crippen LogP contribution in [0.1, 0.15) is 25.0 Å². The van der Waals surface area contributed by atoms with E-state index >= 15 is 0 Å². The predicted molar refractivity (Wildman–Crippen MR) is 80.0 cm³/mol. The number of benzene rings is 1. The maximum Gasteiger partial charge on any atom is 0.243 e. The molecular weight excluding hydrogens is 276 g/mol. The van der Waals surface area contributed by atoms with Gasteiger partial charge in [0.25, 0.3) is 0 Å². The second-order valence-corrected chi connectivity index (χ2v) is 7.00. The first kappa shape index (κ1) is 17.1. The van der Waals surface area contributed by atoms with Crippen LogP contribution < -0.4 is 5.73 Å². The van der Waals surface area contributed by atoms with Crippen LogP contribution in [0, 0.1) is 6.92 Å². The number of nitrogens with zero attached hydrogens (tertiary/aromatic N) is 1. The summed E-state index contributed by atoms with van der Waals surface area (Å²) < 4.78 is 31.8. The van der Waals surface area contributed by atoms with Crippen LogP contribution in [0.3, 0.4) is 0 Å². The van der Waals surface area contributed by atoms with E-state index in [1.54, 1.807) is 26.1 Å². The zero-order chi connectivity index (χ0) is 15.3. The molecule has 114 valence electrons. The van der Waals surface area contributed by atoms with Gasteiger partial charge in [0.15, 0.2) is 0 Å². The summed E-state index contributed by atoms with van der Waals surface area (Å²) in [5.74, 6) is 0. The molecule has 1 rings (SSSR count). The lowest BCUT2D eigenvalue weighted by molar-refractivity contribution is 0.0737. The maximum absolute atomic E-state index is 12.5. The molecule has 6 heteroatoms. The minimum absolute atomic E-state index is 0.0911. The van der Waals surface area contributed by atoms with Gasteiger partial charge in [0.1, 0.15) is 0 Å². The summed E-state index contributed by atoms with van der Waals surface area (Å²) in [5.41, 5.74) is 7.18. The lowest BCUT2D eigenvalue weighted by Crippen LogP contribution is -2.31. The van der Waals surface area contributed by atoms with Gasteiger partial charge < -0.3 is 10.5 Å². The molecule has 0 heterocycles. The van der Waals surface area contributed by atoms with Crippen molar-refractivity contribution >= 4 is 10.0 Å². The van der Waals surface area contributed by atoms with E-state index in [2.05, 4.69) is 0 Å². The summed E-state index contributed by atoms with van der Waals surface area (Å²) in [6.07, 6.45) is 0.0911. The number of nitrogens with two attached hydrogens (primary N) is 1. The van der Waals surface area contributed by atoms with Crippen molar-refractivity contribution < 1.29 is 13.2 Å². The predicted octanol–water partition coefficient (Wildman–Crippen LogP) is 1.50. The minimum atomic E-state index is -3.50. The second-order valence-electron chi connectivity index (χ2n) is 4.99. The quantitative estimate of drug-likeness (QED) is 0.828. The fourth-order valence-electron chi connectivity index (χ4n) is 1.87. The summed E-state index contributed by atoms with van der Waals surface area (Å²) in [7, 11) is -1.94. The molecule has 0 aliphatic carbocycles. The van der Waals surface area contributed by atoms with Gasteiger partial charge in [-0.25, -0.2) is 8.42 Å². The van der Waals surface area contributed by atoms with Crippen molar-refractivity contribution in [1.82, 2.24) is 4.31 Å². The Balaban J connectivity index is 2.93. The van der Waals surface area contributed by atoms with Gasteiger partial charge >= 0.3 is 0 Å². The number of hydrogen-bond donors (Lipinski definition) is 1. The molecule has 0 saturated heterocycles. The van der Waals surface area contributed by atoms with Gasteiger partial charge in [-0.1, -0.05) is 12.1 Å². The number of rotatable bonds is 7. The van der Waals surface area contributed by atoms with Crippen LogP contribution in [-0.2, 0) is 21.3 Å². The van der Waals surface area contributed by atoms with E-state index < -0.39 is 10.0 Å². The largest absolute Gasteiger partial charge is 0.377 e. The average molecular weight is 300 g/mol. The zero-order valence-corrected chi connectivity index (χ0v) is 13.4. The van der Waals surface area contributed by atoms with Crippen molar-refractivity contribution in [1.29, 1.82) is 0 Å². The van der Waals surface area contributed by atoms with E-state index in [0.717, 1.165) is 5.56 Å². The van der Waals surface area contributed by atoms with E-state index in [1.807, 2.05) is 19.9 Å². The highest BCUT2D eigenvalue weighted by Crippen LogP contribution is 2.21. The second kappa shape index (κ2) is 7.17. The van der Waals surface area contributed by atoms with Crippen LogP contribution in [0.15, 0.2) is 23.1 Å². The van der Waals surface area contributed by atoms with Crippen LogP contribution in [0.2, 0.25) is 0 Å². The topological polar surface area (TPSA) is 72.6 Å². The summed E-state index contributed by atoms with van der Waals surface area (Å²) in [4.78, 5) is 0.312. The fourth-order valence-corrected chi connectivity index (χ4v) is 3.28. The van der Waals surface area contributed by atoms with Crippen LogP contribution >= 0.6 is 0 Å². The van der Waals surface area contributed by atoms with Gasteiger partial charge in [0, 0.05) is 20.1 Å². The Bertz CT molecular complexity index is 541. The highest BCUT2D eigenvalue weighted by Gasteiger charge is 2.23. The van der Waals surface area contributed by atoms with Crippen LogP contribution in [0.25, 0.3) is 0 Å². The molecular formula is C14H24N2O3S. The molecule has 20 heavy (non-hydrogen) atoms. The van der Waals surface area contributed by atoms with E-state index in [9.17, 15) is 8.42 Å². The molecule has 0 amide bonds. The normalized spacial score (nSPS) is 12.3. The third-order valence-electron chi connectivity index (χ3n) is 3.16. The van der Waals surface area contributed by atoms with Gasteiger partial charge in [-0.3, -0.25) is 0 Å². The van der Waals surface area contributed by atoms with Gasteiger partial charge in [0.05, 0.1) is 17.6 Å². The van der Waals surface area contributed by atoms with Crippen LogP contribution in [0.5, 0.6) is 0 Å². The highest BCUT2D eigenvalue weighted by molar-refractivity contribution is 7.89. The Labute approximate surface area is 121 Å². The summed E-state index contributed by atoms with van der Waals surface area (Å²) in [6.45, 7) is 6.66. The Morgan fingerprint density at radius 1 is 1.35 bits per heavy atom. The lowest BCUT2D eigenvalue weighted by atomic mass is 10.1. The van der Waals surface area contributed by atoms with E-state index in [1.165, 1.54) is 4.31 Å². The minimum Gasteiger partial charge on any atom is -0.377 e. The summed E-state index contributed by atoms with van der Waals surface area (Å²) >= 11 is 0. The Morgan fingerprint density at radius 3 is 2.55 bits per heavy atom. The Kier molecular flexibility index (Phi) is 6.13. The lowest BCUT2D eigenvalue weighted by Gasteiger charge is -2.20. The molecule has 0 bridgehead atoms. The number of sulfonamides is 1. The molecule has 2 N–H and O–H groups in total. The van der Waals surface area contributed by atoms with Gasteiger partial charge in [-0.2, -0.15) is 4.31 Å². The van der Waals surface area contributed by atoms with Gasteiger partial charge in [0.2, 0.25) is 10.0 Å². The molecule has 5 nitrogen and oxygen atoms in total. The zero-order valence-electron chi connectivity index (χ0n) is 12.6. The van der Waals surface area contributed by atoms with Crippen molar-refractivity contribution in [3.8, 4) is 0 Å². The molecule has 0 aliphatic rings. The monoisotopic (exact) mass is 300 g/mol. The fraction of sp³-hybridized carbons (Fsp3) is 0.571. The molecule has 0 saturated carbocycles. The van der Waals surface area contributed by atoms with Crippen molar-refractivity contribution in [2.24, 2.45) is 5.73 Å². The SMILES string of the molecule is Cc1c(CN)cccc1S(=O)(=O)N(C)CCOC(C)C. The van der Waals surface area contributed by atoms with E-state index in [0.29, 0.717) is 30.2 Å². The molecule has 0 spiro atoms. The molecule has 0 fully saturated rings. The third kappa shape index (κ3) is 4.02. The van der Waals surface area contributed by atoms with Gasteiger partial charge in [-0.15, -0.1) is 0 Å². The smallest absolute Gasteiger partial charge is 0.243 e. The first-order valence-corrected chi connectivity index (χ1v) is 8.11. The molecule has 1 aromatic rings. The first-order chi connectivity index (χ1) is 9.30. The molecule has 1 aromatic carbocycles. The van der Waals surface area contributed by atoms with Crippen LogP contribution in [0.4, 0.5) is 0 Å². The average Bonchev–Trinajstić information content (AvgIpc) is 2.38. The first-order valence-electron chi connectivity index (χ1n) is 6.67. The molecule has 0 unspecified atom stereocenters. The van der Waals surface area contributed by atoms with Crippen molar-refractivity contribution in [2.75, 3.05) is 20.2 Å². The molecule has 0 radical (unpaired) electrons. The van der Waals surface area contributed by atoms with Crippen molar-refractivity contribution in [3.05, 3.63) is 29.3 Å².